The SMILES string of the molecule is CCCCCCCCCCCCOC(=O)NCCCCC. The molecule has 0 aromatic rings. The summed E-state index contributed by atoms with van der Waals surface area (Å²) in [6, 6.07) is 0. The number of amides is 1. The molecule has 0 aliphatic heterocycles. The lowest BCUT2D eigenvalue weighted by Crippen LogP contribution is -2.25. The molecule has 3 heteroatoms. The standard InChI is InChI=1S/C18H37NO2/c1-3-5-7-8-9-10-11-12-13-15-17-21-18(20)19-16-14-6-4-2/h3-17H2,1-2H3,(H,19,20). The average Bonchev–Trinajstić information content (AvgIpc) is 2.49. The fourth-order valence-corrected chi connectivity index (χ4v) is 2.37. The van der Waals surface area contributed by atoms with Gasteiger partial charge in [-0.1, -0.05) is 84.5 Å². The Kier molecular flexibility index (Phi) is 16.7. The number of carbonyl (C=O) groups is 1. The molecule has 0 aromatic carbocycles. The summed E-state index contributed by atoms with van der Waals surface area (Å²) in [6.45, 7) is 5.72. The van der Waals surface area contributed by atoms with Crippen molar-refractivity contribution in [1.29, 1.82) is 0 Å². The van der Waals surface area contributed by atoms with Gasteiger partial charge in [-0.15, -0.1) is 0 Å². The van der Waals surface area contributed by atoms with Gasteiger partial charge in [0, 0.05) is 6.54 Å². The molecule has 0 aromatic heterocycles. The van der Waals surface area contributed by atoms with Crippen LogP contribution in [0.25, 0.3) is 0 Å². The highest BCUT2D eigenvalue weighted by molar-refractivity contribution is 5.66. The summed E-state index contributed by atoms with van der Waals surface area (Å²) in [6.07, 6.45) is 16.2. The lowest BCUT2D eigenvalue weighted by molar-refractivity contribution is 0.143. The van der Waals surface area contributed by atoms with E-state index in [4.69, 9.17) is 4.74 Å². The molecule has 1 N–H and O–H groups in total. The van der Waals surface area contributed by atoms with Gasteiger partial charge in [-0.25, -0.2) is 4.79 Å². The molecule has 0 atom stereocenters. The maximum Gasteiger partial charge on any atom is 0.407 e. The Morgan fingerprint density at radius 3 is 1.76 bits per heavy atom. The van der Waals surface area contributed by atoms with Crippen LogP contribution in [0.2, 0.25) is 0 Å². The van der Waals surface area contributed by atoms with Gasteiger partial charge in [-0.3, -0.25) is 0 Å². The van der Waals surface area contributed by atoms with Gasteiger partial charge in [0.25, 0.3) is 0 Å². The molecule has 0 saturated heterocycles. The van der Waals surface area contributed by atoms with Crippen molar-refractivity contribution in [3.63, 3.8) is 0 Å². The minimum absolute atomic E-state index is 0.248. The molecule has 3 nitrogen and oxygen atoms in total. The Morgan fingerprint density at radius 1 is 0.714 bits per heavy atom. The molecule has 0 heterocycles. The van der Waals surface area contributed by atoms with E-state index in [2.05, 4.69) is 19.2 Å². The number of hydrogen-bond donors (Lipinski definition) is 1. The number of ether oxygens (including phenoxy) is 1. The molecule has 0 bridgehead atoms. The largest absolute Gasteiger partial charge is 0.450 e. The molecule has 0 aliphatic rings. The summed E-state index contributed by atoms with van der Waals surface area (Å²) in [7, 11) is 0. The highest BCUT2D eigenvalue weighted by Crippen LogP contribution is 2.10. The molecule has 0 spiro atoms. The summed E-state index contributed by atoms with van der Waals surface area (Å²) < 4.78 is 5.14. The van der Waals surface area contributed by atoms with E-state index in [0.717, 1.165) is 19.4 Å². The molecule has 0 unspecified atom stereocenters. The summed E-state index contributed by atoms with van der Waals surface area (Å²) in [4.78, 5) is 11.3. The topological polar surface area (TPSA) is 38.3 Å². The highest BCUT2D eigenvalue weighted by atomic mass is 16.5. The number of hydrogen-bond acceptors (Lipinski definition) is 2. The van der Waals surface area contributed by atoms with Crippen molar-refractivity contribution in [2.24, 2.45) is 0 Å². The maximum atomic E-state index is 11.3. The fourth-order valence-electron chi connectivity index (χ4n) is 2.37. The van der Waals surface area contributed by atoms with Gasteiger partial charge in [-0.2, -0.15) is 0 Å². The smallest absolute Gasteiger partial charge is 0.407 e. The Hall–Kier alpha value is -0.730. The highest BCUT2D eigenvalue weighted by Gasteiger charge is 2.00. The lowest BCUT2D eigenvalue weighted by atomic mass is 10.1. The van der Waals surface area contributed by atoms with Crippen LogP contribution in [-0.4, -0.2) is 19.2 Å². The molecular weight excluding hydrogens is 262 g/mol. The van der Waals surface area contributed by atoms with Crippen LogP contribution in [0.15, 0.2) is 0 Å². The van der Waals surface area contributed by atoms with Gasteiger partial charge < -0.3 is 10.1 Å². The number of nitrogens with one attached hydrogen (secondary N) is 1. The number of carbonyl (C=O) groups excluding carboxylic acids is 1. The number of alkyl carbamates (subject to hydrolysis) is 1. The third kappa shape index (κ3) is 17.2. The molecule has 1 amide bonds. The molecule has 0 fully saturated rings. The van der Waals surface area contributed by atoms with E-state index in [9.17, 15) is 4.79 Å². The Labute approximate surface area is 132 Å². The minimum atomic E-state index is -0.248. The first-order valence-electron chi connectivity index (χ1n) is 9.21. The van der Waals surface area contributed by atoms with Crippen LogP contribution in [-0.2, 0) is 4.74 Å². The van der Waals surface area contributed by atoms with Crippen molar-refractivity contribution in [2.45, 2.75) is 97.3 Å². The molecule has 0 rings (SSSR count). The summed E-state index contributed by atoms with van der Waals surface area (Å²) in [5.74, 6) is 0. The van der Waals surface area contributed by atoms with E-state index in [1.165, 1.54) is 70.6 Å². The maximum absolute atomic E-state index is 11.3. The van der Waals surface area contributed by atoms with Gasteiger partial charge in [0.1, 0.15) is 0 Å². The van der Waals surface area contributed by atoms with Crippen LogP contribution in [0.4, 0.5) is 4.79 Å². The molecule has 126 valence electrons. The zero-order chi connectivity index (χ0) is 15.6. The van der Waals surface area contributed by atoms with Crippen molar-refractivity contribution >= 4 is 6.09 Å². The number of unbranched alkanes of at least 4 members (excludes halogenated alkanes) is 11. The predicted octanol–water partition coefficient (Wildman–Crippen LogP) is 5.82. The van der Waals surface area contributed by atoms with Crippen molar-refractivity contribution in [1.82, 2.24) is 5.32 Å². The first kappa shape index (κ1) is 20.3. The normalized spacial score (nSPS) is 10.6. The van der Waals surface area contributed by atoms with Gasteiger partial charge in [0.05, 0.1) is 6.61 Å². The molecule has 0 saturated carbocycles. The summed E-state index contributed by atoms with van der Waals surface area (Å²) >= 11 is 0. The van der Waals surface area contributed by atoms with Gasteiger partial charge in [0.2, 0.25) is 0 Å². The minimum Gasteiger partial charge on any atom is -0.450 e. The number of rotatable bonds is 15. The Balaban J connectivity index is 3.09. The van der Waals surface area contributed by atoms with Gasteiger partial charge in [0.15, 0.2) is 0 Å². The van der Waals surface area contributed by atoms with E-state index in [1.54, 1.807) is 0 Å². The zero-order valence-electron chi connectivity index (χ0n) is 14.4. The fraction of sp³-hybridized carbons (Fsp3) is 0.944. The van der Waals surface area contributed by atoms with E-state index in [-0.39, 0.29) is 6.09 Å². The second-order valence-electron chi connectivity index (χ2n) is 5.95. The van der Waals surface area contributed by atoms with Crippen LogP contribution in [0.5, 0.6) is 0 Å². The van der Waals surface area contributed by atoms with E-state index in [0.29, 0.717) is 6.61 Å². The first-order chi connectivity index (χ1) is 10.3. The quantitative estimate of drug-likeness (QED) is 0.387. The van der Waals surface area contributed by atoms with Crippen LogP contribution in [0.3, 0.4) is 0 Å². The Morgan fingerprint density at radius 2 is 1.19 bits per heavy atom. The predicted molar refractivity (Wildman–Crippen MR) is 90.7 cm³/mol. The second kappa shape index (κ2) is 17.3. The summed E-state index contributed by atoms with van der Waals surface area (Å²) in [5, 5.41) is 2.79. The second-order valence-corrected chi connectivity index (χ2v) is 5.95. The van der Waals surface area contributed by atoms with Crippen LogP contribution in [0, 0.1) is 0 Å². The monoisotopic (exact) mass is 299 g/mol. The van der Waals surface area contributed by atoms with E-state index in [1.807, 2.05) is 0 Å². The average molecular weight is 299 g/mol. The molecular formula is C18H37NO2. The molecule has 0 radical (unpaired) electrons. The van der Waals surface area contributed by atoms with Crippen molar-refractivity contribution in [2.75, 3.05) is 13.2 Å². The summed E-state index contributed by atoms with van der Waals surface area (Å²) in [5.41, 5.74) is 0. The molecule has 0 aliphatic carbocycles. The molecule has 21 heavy (non-hydrogen) atoms. The van der Waals surface area contributed by atoms with Gasteiger partial charge in [-0.05, 0) is 12.8 Å². The van der Waals surface area contributed by atoms with E-state index >= 15 is 0 Å². The zero-order valence-corrected chi connectivity index (χ0v) is 14.4. The lowest BCUT2D eigenvalue weighted by Gasteiger charge is -2.06. The van der Waals surface area contributed by atoms with Crippen LogP contribution < -0.4 is 5.32 Å². The third-order valence-corrected chi connectivity index (χ3v) is 3.78. The first-order valence-corrected chi connectivity index (χ1v) is 9.21. The van der Waals surface area contributed by atoms with Crippen molar-refractivity contribution in [3.05, 3.63) is 0 Å². The Bertz CT molecular complexity index is 219. The van der Waals surface area contributed by atoms with Crippen molar-refractivity contribution < 1.29 is 9.53 Å². The van der Waals surface area contributed by atoms with Crippen molar-refractivity contribution in [3.8, 4) is 0 Å². The van der Waals surface area contributed by atoms with E-state index < -0.39 is 0 Å². The van der Waals surface area contributed by atoms with Gasteiger partial charge >= 0.3 is 6.09 Å². The van der Waals surface area contributed by atoms with Crippen LogP contribution in [0.1, 0.15) is 97.3 Å². The third-order valence-electron chi connectivity index (χ3n) is 3.78. The van der Waals surface area contributed by atoms with Crippen LogP contribution >= 0.6 is 0 Å².